The quantitative estimate of drug-likeness (QED) is 0.616. The molecule has 0 radical (unpaired) electrons. The number of hydrogen-bond donors (Lipinski definition) is 1. The van der Waals surface area contributed by atoms with Crippen LogP contribution in [0.5, 0.6) is 0 Å². The number of nitro groups is 1. The summed E-state index contributed by atoms with van der Waals surface area (Å²) in [6, 6.07) is 3.28. The van der Waals surface area contributed by atoms with E-state index < -0.39 is 28.4 Å². The Hall–Kier alpha value is -3.11. The molecule has 1 N–H and O–H groups in total. The minimum absolute atomic E-state index is 0.0661. The fourth-order valence-electron chi connectivity index (χ4n) is 3.11. The second kappa shape index (κ2) is 7.87. The smallest absolute Gasteiger partial charge is 0.370 e. The molecule has 3 rings (SSSR count). The SMILES string of the molecule is O=C(Cn1cnc([N+](=O)[O-])c1)Nc1cc(C(F)(F)F)ccc1N1CCCCC1. The lowest BCUT2D eigenvalue weighted by atomic mass is 10.1. The van der Waals surface area contributed by atoms with Crippen LogP contribution in [0.1, 0.15) is 24.8 Å². The van der Waals surface area contributed by atoms with Gasteiger partial charge < -0.3 is 24.9 Å². The highest BCUT2D eigenvalue weighted by atomic mass is 19.4. The fraction of sp³-hybridized carbons (Fsp3) is 0.412. The number of carbonyl (C=O) groups is 1. The van der Waals surface area contributed by atoms with Gasteiger partial charge in [0.25, 0.3) is 0 Å². The van der Waals surface area contributed by atoms with Gasteiger partial charge in [-0.1, -0.05) is 0 Å². The van der Waals surface area contributed by atoms with E-state index in [4.69, 9.17) is 0 Å². The molecule has 8 nitrogen and oxygen atoms in total. The average molecular weight is 397 g/mol. The van der Waals surface area contributed by atoms with Crippen LogP contribution in [0, 0.1) is 10.1 Å². The molecule has 28 heavy (non-hydrogen) atoms. The van der Waals surface area contributed by atoms with Crippen molar-refractivity contribution in [2.24, 2.45) is 0 Å². The first-order valence-electron chi connectivity index (χ1n) is 8.66. The van der Waals surface area contributed by atoms with Gasteiger partial charge in [0.1, 0.15) is 12.7 Å². The summed E-state index contributed by atoms with van der Waals surface area (Å²) in [7, 11) is 0. The van der Waals surface area contributed by atoms with Gasteiger partial charge in [0, 0.05) is 13.1 Å². The molecular formula is C17H18F3N5O3. The summed E-state index contributed by atoms with van der Waals surface area (Å²) in [6.45, 7) is 1.08. The zero-order chi connectivity index (χ0) is 20.3. The molecule has 1 amide bonds. The van der Waals surface area contributed by atoms with Crippen molar-refractivity contribution in [3.63, 3.8) is 0 Å². The number of piperidine rings is 1. The average Bonchev–Trinajstić information content (AvgIpc) is 3.10. The molecule has 150 valence electrons. The van der Waals surface area contributed by atoms with E-state index in [2.05, 4.69) is 10.3 Å². The molecule has 1 saturated heterocycles. The number of carbonyl (C=O) groups excluding carboxylic acids is 1. The number of benzene rings is 1. The van der Waals surface area contributed by atoms with Crippen molar-refractivity contribution in [3.8, 4) is 0 Å². The van der Waals surface area contributed by atoms with Crippen molar-refractivity contribution in [3.05, 3.63) is 46.4 Å². The number of aromatic nitrogens is 2. The number of amides is 1. The van der Waals surface area contributed by atoms with Crippen molar-refractivity contribution >= 4 is 23.1 Å². The van der Waals surface area contributed by atoms with E-state index in [0.717, 1.165) is 43.9 Å². The van der Waals surface area contributed by atoms with Gasteiger partial charge in [0.2, 0.25) is 12.2 Å². The summed E-state index contributed by atoms with van der Waals surface area (Å²) < 4.78 is 40.5. The normalized spacial score (nSPS) is 14.8. The predicted octanol–water partition coefficient (Wildman–Crippen LogP) is 3.44. The van der Waals surface area contributed by atoms with Crippen molar-refractivity contribution in [2.75, 3.05) is 23.3 Å². The molecule has 1 aliphatic heterocycles. The van der Waals surface area contributed by atoms with E-state index in [1.165, 1.54) is 10.6 Å². The van der Waals surface area contributed by atoms with E-state index in [1.807, 2.05) is 4.90 Å². The summed E-state index contributed by atoms with van der Waals surface area (Å²) in [5.41, 5.74) is -0.268. The molecule has 1 aliphatic rings. The molecule has 0 saturated carbocycles. The monoisotopic (exact) mass is 397 g/mol. The summed E-state index contributed by atoms with van der Waals surface area (Å²) in [6.07, 6.45) is 0.565. The van der Waals surface area contributed by atoms with Crippen molar-refractivity contribution in [2.45, 2.75) is 32.0 Å². The minimum Gasteiger partial charge on any atom is -0.370 e. The Labute approximate surface area is 158 Å². The molecule has 2 heterocycles. The van der Waals surface area contributed by atoms with Crippen LogP contribution in [0.25, 0.3) is 0 Å². The third kappa shape index (κ3) is 4.59. The number of hydrogen-bond acceptors (Lipinski definition) is 5. The van der Waals surface area contributed by atoms with Crippen LogP contribution in [0.4, 0.5) is 30.4 Å². The van der Waals surface area contributed by atoms with Crippen LogP contribution in [0.3, 0.4) is 0 Å². The molecule has 11 heteroatoms. The highest BCUT2D eigenvalue weighted by molar-refractivity contribution is 5.94. The molecule has 0 atom stereocenters. The number of alkyl halides is 3. The maximum Gasteiger partial charge on any atom is 0.416 e. The lowest BCUT2D eigenvalue weighted by molar-refractivity contribution is -0.389. The molecule has 1 aromatic heterocycles. The molecule has 0 unspecified atom stereocenters. The number of rotatable bonds is 5. The third-order valence-electron chi connectivity index (χ3n) is 4.43. The van der Waals surface area contributed by atoms with E-state index in [-0.39, 0.29) is 12.2 Å². The van der Waals surface area contributed by atoms with Gasteiger partial charge in [0.15, 0.2) is 0 Å². The van der Waals surface area contributed by atoms with Crippen LogP contribution >= 0.6 is 0 Å². The highest BCUT2D eigenvalue weighted by Gasteiger charge is 2.32. The van der Waals surface area contributed by atoms with Gasteiger partial charge in [-0.2, -0.15) is 13.2 Å². The van der Waals surface area contributed by atoms with Gasteiger partial charge in [-0.25, -0.2) is 0 Å². The second-order valence-electron chi connectivity index (χ2n) is 6.49. The Kier molecular flexibility index (Phi) is 5.52. The number of anilines is 2. The molecule has 1 fully saturated rings. The Bertz CT molecular complexity index is 875. The summed E-state index contributed by atoms with van der Waals surface area (Å²) >= 11 is 0. The minimum atomic E-state index is -4.54. The van der Waals surface area contributed by atoms with Crippen LogP contribution in [-0.2, 0) is 17.5 Å². The van der Waals surface area contributed by atoms with Gasteiger partial charge in [-0.05, 0) is 47.4 Å². The maximum absolute atomic E-state index is 13.1. The first kappa shape index (κ1) is 19.6. The molecule has 0 spiro atoms. The topological polar surface area (TPSA) is 93.3 Å². The molecule has 2 aromatic rings. The lowest BCUT2D eigenvalue weighted by Crippen LogP contribution is -2.31. The second-order valence-corrected chi connectivity index (χ2v) is 6.49. The van der Waals surface area contributed by atoms with Gasteiger partial charge in [-0.3, -0.25) is 4.79 Å². The third-order valence-corrected chi connectivity index (χ3v) is 4.43. The number of imidazole rings is 1. The van der Waals surface area contributed by atoms with E-state index >= 15 is 0 Å². The first-order chi connectivity index (χ1) is 13.2. The number of halogens is 3. The Morgan fingerprint density at radius 1 is 1.25 bits per heavy atom. The lowest BCUT2D eigenvalue weighted by Gasteiger charge is -2.31. The first-order valence-corrected chi connectivity index (χ1v) is 8.66. The molecule has 0 bridgehead atoms. The fourth-order valence-corrected chi connectivity index (χ4v) is 3.11. The largest absolute Gasteiger partial charge is 0.416 e. The van der Waals surface area contributed by atoms with E-state index in [0.29, 0.717) is 18.8 Å². The van der Waals surface area contributed by atoms with Gasteiger partial charge in [-0.15, -0.1) is 0 Å². The number of nitrogens with zero attached hydrogens (tertiary/aromatic N) is 4. The van der Waals surface area contributed by atoms with Crippen molar-refractivity contribution in [1.29, 1.82) is 0 Å². The zero-order valence-corrected chi connectivity index (χ0v) is 14.8. The highest BCUT2D eigenvalue weighted by Crippen LogP contribution is 2.36. The molecular weight excluding hydrogens is 379 g/mol. The predicted molar refractivity (Wildman–Crippen MR) is 95.0 cm³/mol. The Morgan fingerprint density at radius 3 is 2.57 bits per heavy atom. The van der Waals surface area contributed by atoms with Gasteiger partial charge >= 0.3 is 12.0 Å². The number of nitrogens with one attached hydrogen (secondary N) is 1. The maximum atomic E-state index is 13.1. The van der Waals surface area contributed by atoms with Crippen molar-refractivity contribution < 1.29 is 22.9 Å². The molecule has 0 aliphatic carbocycles. The van der Waals surface area contributed by atoms with Gasteiger partial charge in [0.05, 0.1) is 16.9 Å². The van der Waals surface area contributed by atoms with Crippen LogP contribution in [0.2, 0.25) is 0 Å². The summed E-state index contributed by atoms with van der Waals surface area (Å²) in [5.74, 6) is -1.02. The summed E-state index contributed by atoms with van der Waals surface area (Å²) in [5, 5.41) is 13.2. The van der Waals surface area contributed by atoms with Crippen molar-refractivity contribution in [1.82, 2.24) is 9.55 Å². The zero-order valence-electron chi connectivity index (χ0n) is 14.8. The van der Waals surface area contributed by atoms with Crippen LogP contribution in [-0.4, -0.2) is 33.5 Å². The van der Waals surface area contributed by atoms with Crippen LogP contribution < -0.4 is 10.2 Å². The Balaban J connectivity index is 1.82. The van der Waals surface area contributed by atoms with Crippen LogP contribution in [0.15, 0.2) is 30.7 Å². The summed E-state index contributed by atoms with van der Waals surface area (Å²) in [4.78, 5) is 27.8. The molecule has 1 aromatic carbocycles. The van der Waals surface area contributed by atoms with E-state index in [9.17, 15) is 28.1 Å². The van der Waals surface area contributed by atoms with E-state index in [1.54, 1.807) is 0 Å². The standard InChI is InChI=1S/C17H18F3N5O3/c18-17(19,20)12-4-5-14(24-6-2-1-3-7-24)13(8-12)22-16(26)10-23-9-15(21-11-23)25(27)28/h4-5,8-9,11H,1-3,6-7,10H2,(H,22,26). The Morgan fingerprint density at radius 2 is 1.96 bits per heavy atom.